The van der Waals surface area contributed by atoms with Crippen LogP contribution in [-0.2, 0) is 0 Å². The average Bonchev–Trinajstić information content (AvgIpc) is 2.33. The Balaban J connectivity index is 0. The van der Waals surface area contributed by atoms with Crippen LogP contribution in [0.5, 0.6) is 0 Å². The second-order valence-corrected chi connectivity index (χ2v) is 3.09. The summed E-state index contributed by atoms with van der Waals surface area (Å²) in [4.78, 5) is 0. The lowest BCUT2D eigenvalue weighted by molar-refractivity contribution is 0.343. The smallest absolute Gasteiger partial charge is 0.0609 e. The molecule has 0 aromatic rings. The van der Waals surface area contributed by atoms with Crippen LogP contribution in [0, 0.1) is 0 Å². The zero-order valence-electron chi connectivity index (χ0n) is 10.1. The lowest BCUT2D eigenvalue weighted by atomic mass is 9.96. The lowest BCUT2D eigenvalue weighted by Gasteiger charge is -2.20. The minimum absolute atomic E-state index is 0.0833. The van der Waals surface area contributed by atoms with Gasteiger partial charge in [-0.1, -0.05) is 39.2 Å². The zero-order valence-corrected chi connectivity index (χ0v) is 10.1. The summed E-state index contributed by atoms with van der Waals surface area (Å²) in [6.07, 6.45) is 8.56. The number of hydrogen-bond donors (Lipinski definition) is 2. The molecule has 2 N–H and O–H groups in total. The van der Waals surface area contributed by atoms with E-state index in [1.807, 2.05) is 13.8 Å². The Morgan fingerprint density at radius 1 is 1.29 bits per heavy atom. The maximum Gasteiger partial charge on any atom is 0.0609 e. The summed E-state index contributed by atoms with van der Waals surface area (Å²) in [6.45, 7) is 7.31. The normalized spacial score (nSPS) is 15.7. The van der Waals surface area contributed by atoms with Gasteiger partial charge in [-0.2, -0.15) is 0 Å². The third-order valence-corrected chi connectivity index (χ3v) is 2.14. The van der Waals surface area contributed by atoms with Gasteiger partial charge in [0, 0.05) is 6.04 Å². The molecule has 2 nitrogen and oxygen atoms in total. The van der Waals surface area contributed by atoms with Crippen molar-refractivity contribution in [2.45, 2.75) is 52.0 Å². The number of nitrogens with one attached hydrogen (secondary N) is 1. The summed E-state index contributed by atoms with van der Waals surface area (Å²) >= 11 is 0. The summed E-state index contributed by atoms with van der Waals surface area (Å²) in [5.41, 5.74) is 0. The van der Waals surface area contributed by atoms with Gasteiger partial charge in [-0.3, -0.25) is 0 Å². The van der Waals surface area contributed by atoms with Crippen LogP contribution in [0.4, 0.5) is 0 Å². The highest BCUT2D eigenvalue weighted by atomic mass is 16.2. The topological polar surface area (TPSA) is 32.3 Å². The molecule has 0 aromatic carbocycles. The molecule has 86 valence electrons. The Hall–Kier alpha value is -0.340. The van der Waals surface area contributed by atoms with Crippen molar-refractivity contribution in [2.75, 3.05) is 13.7 Å². The van der Waals surface area contributed by atoms with Gasteiger partial charge in [0.2, 0.25) is 0 Å². The number of hydrogen-bond acceptors (Lipinski definition) is 2. The third-order valence-electron chi connectivity index (χ3n) is 2.14. The van der Waals surface area contributed by atoms with Crippen LogP contribution in [0.25, 0.3) is 0 Å². The number of aliphatic hydroxyl groups is 1. The zero-order chi connectivity index (χ0) is 11.2. The molecular formula is C12H27NO. The Kier molecular flexibility index (Phi) is 17.4. The van der Waals surface area contributed by atoms with E-state index >= 15 is 0 Å². The molecule has 0 bridgehead atoms. The van der Waals surface area contributed by atoms with Crippen molar-refractivity contribution in [3.8, 4) is 0 Å². The Morgan fingerprint density at radius 3 is 1.93 bits per heavy atom. The van der Waals surface area contributed by atoms with Gasteiger partial charge < -0.3 is 10.4 Å². The standard InChI is InChI=1S/C7H15N.C3H6O.C2H6/c1-8-7-5-3-2-4-6-7;1-2-3-4;1-2/h7-8H,2-6H2,1H3;2,4H,1,3H2;1-2H3. The molecule has 2 heteroatoms. The van der Waals surface area contributed by atoms with Gasteiger partial charge in [0.15, 0.2) is 0 Å². The molecule has 1 aliphatic carbocycles. The van der Waals surface area contributed by atoms with E-state index in [4.69, 9.17) is 5.11 Å². The van der Waals surface area contributed by atoms with Crippen molar-refractivity contribution in [3.05, 3.63) is 12.7 Å². The predicted octanol–water partition coefficient (Wildman–Crippen LogP) is 2.73. The molecule has 0 spiro atoms. The van der Waals surface area contributed by atoms with Crippen LogP contribution >= 0.6 is 0 Å². The molecule has 1 saturated carbocycles. The first-order chi connectivity index (χ1) is 6.85. The average molecular weight is 201 g/mol. The highest BCUT2D eigenvalue weighted by molar-refractivity contribution is 4.68. The molecule has 1 aliphatic rings. The van der Waals surface area contributed by atoms with E-state index in [1.165, 1.54) is 38.2 Å². The molecule has 0 heterocycles. The van der Waals surface area contributed by atoms with Gasteiger partial charge in [-0.25, -0.2) is 0 Å². The van der Waals surface area contributed by atoms with Crippen molar-refractivity contribution in [2.24, 2.45) is 0 Å². The fourth-order valence-corrected chi connectivity index (χ4v) is 1.39. The molecule has 0 unspecified atom stereocenters. The largest absolute Gasteiger partial charge is 0.392 e. The second-order valence-electron chi connectivity index (χ2n) is 3.09. The van der Waals surface area contributed by atoms with Crippen LogP contribution < -0.4 is 5.32 Å². The Bertz CT molecular complexity index is 98.5. The van der Waals surface area contributed by atoms with Crippen LogP contribution in [0.3, 0.4) is 0 Å². The van der Waals surface area contributed by atoms with Gasteiger partial charge in [-0.15, -0.1) is 6.58 Å². The van der Waals surface area contributed by atoms with Gasteiger partial charge in [0.1, 0.15) is 0 Å². The fourth-order valence-electron chi connectivity index (χ4n) is 1.39. The number of aliphatic hydroxyl groups excluding tert-OH is 1. The van der Waals surface area contributed by atoms with Crippen molar-refractivity contribution in [1.82, 2.24) is 5.32 Å². The minimum Gasteiger partial charge on any atom is -0.392 e. The SMILES string of the molecule is C=CCO.CC.CNC1CCCCC1. The van der Waals surface area contributed by atoms with Gasteiger partial charge >= 0.3 is 0 Å². The first-order valence-electron chi connectivity index (χ1n) is 5.74. The van der Waals surface area contributed by atoms with E-state index in [0.717, 1.165) is 6.04 Å². The van der Waals surface area contributed by atoms with Crippen molar-refractivity contribution < 1.29 is 5.11 Å². The fraction of sp³-hybridized carbons (Fsp3) is 0.833. The van der Waals surface area contributed by atoms with Gasteiger partial charge in [0.05, 0.1) is 6.61 Å². The molecule has 14 heavy (non-hydrogen) atoms. The maximum absolute atomic E-state index is 7.76. The summed E-state index contributed by atoms with van der Waals surface area (Å²) < 4.78 is 0. The van der Waals surface area contributed by atoms with E-state index in [2.05, 4.69) is 18.9 Å². The molecule has 0 aliphatic heterocycles. The molecule has 1 rings (SSSR count). The first kappa shape index (κ1) is 16.1. The summed E-state index contributed by atoms with van der Waals surface area (Å²) in [5.74, 6) is 0. The molecule has 1 fully saturated rings. The first-order valence-corrected chi connectivity index (χ1v) is 5.74. The van der Waals surface area contributed by atoms with E-state index in [9.17, 15) is 0 Å². The monoisotopic (exact) mass is 201 g/mol. The highest BCUT2D eigenvalue weighted by Crippen LogP contribution is 2.16. The van der Waals surface area contributed by atoms with E-state index < -0.39 is 0 Å². The van der Waals surface area contributed by atoms with Crippen molar-refractivity contribution in [1.29, 1.82) is 0 Å². The summed E-state index contributed by atoms with van der Waals surface area (Å²) in [5, 5.41) is 11.1. The van der Waals surface area contributed by atoms with Gasteiger partial charge in [0.25, 0.3) is 0 Å². The van der Waals surface area contributed by atoms with Crippen LogP contribution in [0.2, 0.25) is 0 Å². The molecule has 0 atom stereocenters. The van der Waals surface area contributed by atoms with Crippen molar-refractivity contribution in [3.63, 3.8) is 0 Å². The Morgan fingerprint density at radius 2 is 1.71 bits per heavy atom. The molecule has 0 radical (unpaired) electrons. The van der Waals surface area contributed by atoms with E-state index in [1.54, 1.807) is 0 Å². The highest BCUT2D eigenvalue weighted by Gasteiger charge is 2.09. The summed E-state index contributed by atoms with van der Waals surface area (Å²) in [6, 6.07) is 0.837. The second kappa shape index (κ2) is 15.1. The van der Waals surface area contributed by atoms with E-state index in [-0.39, 0.29) is 6.61 Å². The van der Waals surface area contributed by atoms with Crippen LogP contribution in [-0.4, -0.2) is 24.8 Å². The molecular weight excluding hydrogens is 174 g/mol. The van der Waals surface area contributed by atoms with Gasteiger partial charge in [-0.05, 0) is 19.9 Å². The van der Waals surface area contributed by atoms with Crippen molar-refractivity contribution >= 4 is 0 Å². The maximum atomic E-state index is 7.76. The molecule has 0 saturated heterocycles. The third kappa shape index (κ3) is 11.7. The van der Waals surface area contributed by atoms with Crippen LogP contribution in [0.1, 0.15) is 46.0 Å². The number of rotatable bonds is 2. The summed E-state index contributed by atoms with van der Waals surface area (Å²) in [7, 11) is 2.07. The minimum atomic E-state index is 0.0833. The predicted molar refractivity (Wildman–Crippen MR) is 64.6 cm³/mol. The molecule has 0 amide bonds. The molecule has 0 aromatic heterocycles. The van der Waals surface area contributed by atoms with E-state index in [0.29, 0.717) is 0 Å². The lowest BCUT2D eigenvalue weighted by Crippen LogP contribution is -2.26. The Labute approximate surface area is 89.4 Å². The quantitative estimate of drug-likeness (QED) is 0.673. The van der Waals surface area contributed by atoms with Crippen LogP contribution in [0.15, 0.2) is 12.7 Å².